The average Bonchev–Trinajstić information content (AvgIpc) is 0.707. The first-order chi connectivity index (χ1) is 43.1. The Bertz CT molecular complexity index is 4180. The van der Waals surface area contributed by atoms with Gasteiger partial charge in [-0.1, -0.05) is 192 Å². The van der Waals surface area contributed by atoms with Gasteiger partial charge in [-0.15, -0.1) is 0 Å². The Hall–Kier alpha value is -8.60. The van der Waals surface area contributed by atoms with Crippen molar-refractivity contribution in [3.8, 4) is 55.6 Å². The normalized spacial score (nSPS) is 18.6. The van der Waals surface area contributed by atoms with Crippen LogP contribution in [-0.4, -0.2) is 26.2 Å². The second kappa shape index (κ2) is 19.9. The molecule has 0 amide bonds. The van der Waals surface area contributed by atoms with Gasteiger partial charge in [-0.25, -0.2) is 0 Å². The molecule has 0 saturated carbocycles. The van der Waals surface area contributed by atoms with Crippen molar-refractivity contribution in [2.24, 2.45) is 0 Å². The van der Waals surface area contributed by atoms with Gasteiger partial charge in [0.2, 0.25) is 0 Å². The van der Waals surface area contributed by atoms with Crippen molar-refractivity contribution >= 4 is 45.5 Å². The smallest absolute Gasteiger partial charge is 0.0544 e. The summed E-state index contributed by atoms with van der Waals surface area (Å²) in [5.41, 5.74) is 34.0. The number of anilines is 8. The lowest BCUT2D eigenvalue weighted by molar-refractivity contribution is 0.401. The third-order valence-corrected chi connectivity index (χ3v) is 22.9. The topological polar surface area (TPSA) is 13.0 Å². The zero-order chi connectivity index (χ0) is 62.0. The Kier molecular flexibility index (Phi) is 12.6. The molecule has 0 fully saturated rings. The zero-order valence-corrected chi connectivity index (χ0v) is 55.1. The molecule has 0 unspecified atom stereocenters. The van der Waals surface area contributed by atoms with E-state index < -0.39 is 0 Å². The molecule has 6 aliphatic heterocycles. The maximum Gasteiger partial charge on any atom is 0.0544 e. The average molecular weight is 1180 g/mol. The minimum absolute atomic E-state index is 0.112. The highest BCUT2D eigenvalue weighted by molar-refractivity contribution is 5.96. The summed E-state index contributed by atoms with van der Waals surface area (Å²) in [6.45, 7) is 34.0. The Balaban J connectivity index is 0.823. The van der Waals surface area contributed by atoms with Crippen molar-refractivity contribution in [3.05, 3.63) is 251 Å². The standard InChI is InChI=1S/C86H86N4/c1-81(2)39-43-87-44-40-82(3,4)71-50-62(49-70(81)78(71)87)57-23-31-65(32-24-57)89(66-33-25-58(26-34-66)63-51-72-79-73(52-63)84(7,8)42-46-88(79)45-41-83(72,5)6)67-35-27-59(28-36-67)64-53-74-80-75(54-64)86(11,12)69-48-61(56-21-17-14-18-22-56)30-38-77(69)90(80)76-37-29-60(47-68(76)85(74,9)10)55-19-15-13-16-20-55/h13-38,47-54H,39-46H2,1-12H3. The molecule has 6 aliphatic rings. The van der Waals surface area contributed by atoms with Crippen LogP contribution >= 0.6 is 0 Å². The molecule has 0 N–H and O–H groups in total. The van der Waals surface area contributed by atoms with Crippen molar-refractivity contribution < 1.29 is 0 Å². The SMILES string of the molecule is CC1(C)CCN2CCC(C)(C)c3cc(-c4ccc(N(c5ccc(-c6cc7c8c(c6)C(C)(C)CCN8CCC7(C)C)cc5)c5ccc(-c6cc7c8c(c6)C(C)(C)c6cc(-c9ccccc9)ccc6N8c6ccc(-c8ccccc8)cc6C7(C)C)cc5)cc4)cc1c32. The van der Waals surface area contributed by atoms with Crippen LogP contribution in [0.2, 0.25) is 0 Å². The van der Waals surface area contributed by atoms with E-state index in [1.807, 2.05) is 0 Å². The van der Waals surface area contributed by atoms with E-state index in [0.717, 1.165) is 43.2 Å². The summed E-state index contributed by atoms with van der Waals surface area (Å²) in [4.78, 5) is 10.4. The fourth-order valence-corrected chi connectivity index (χ4v) is 16.8. The molecule has 0 atom stereocenters. The predicted molar refractivity (Wildman–Crippen MR) is 382 cm³/mol. The molecule has 0 aromatic heterocycles. The molecule has 6 heterocycles. The summed E-state index contributed by atoms with van der Waals surface area (Å²) in [6.07, 6.45) is 4.70. The van der Waals surface area contributed by atoms with E-state index in [0.29, 0.717) is 0 Å². The van der Waals surface area contributed by atoms with Crippen LogP contribution in [0.3, 0.4) is 0 Å². The molecule has 4 nitrogen and oxygen atoms in total. The molecule has 0 bridgehead atoms. The molecule has 10 aromatic rings. The summed E-state index contributed by atoms with van der Waals surface area (Å²) in [7, 11) is 0. The highest BCUT2D eigenvalue weighted by atomic mass is 15.2. The van der Waals surface area contributed by atoms with Crippen molar-refractivity contribution in [1.82, 2.24) is 0 Å². The summed E-state index contributed by atoms with van der Waals surface area (Å²) in [5.74, 6) is 0. The van der Waals surface area contributed by atoms with Crippen LogP contribution in [0.4, 0.5) is 45.5 Å². The first kappa shape index (κ1) is 56.6. The maximum absolute atomic E-state index is 2.68. The first-order valence-electron chi connectivity index (χ1n) is 33.4. The van der Waals surface area contributed by atoms with Gasteiger partial charge < -0.3 is 19.6 Å². The number of fused-ring (bicyclic) bond motifs is 4. The first-order valence-corrected chi connectivity index (χ1v) is 33.4. The number of hydrogen-bond acceptors (Lipinski definition) is 4. The van der Waals surface area contributed by atoms with E-state index in [1.165, 1.54) is 154 Å². The fourth-order valence-electron chi connectivity index (χ4n) is 16.8. The van der Waals surface area contributed by atoms with Crippen LogP contribution in [0.15, 0.2) is 206 Å². The van der Waals surface area contributed by atoms with E-state index in [9.17, 15) is 0 Å². The van der Waals surface area contributed by atoms with Gasteiger partial charge in [0.25, 0.3) is 0 Å². The summed E-state index contributed by atoms with van der Waals surface area (Å²) >= 11 is 0. The molecule has 4 heteroatoms. The highest BCUT2D eigenvalue weighted by Gasteiger charge is 2.47. The number of hydrogen-bond donors (Lipinski definition) is 0. The van der Waals surface area contributed by atoms with Gasteiger partial charge in [0.1, 0.15) is 0 Å². The Labute approximate surface area is 535 Å². The largest absolute Gasteiger partial charge is 0.371 e. The summed E-state index contributed by atoms with van der Waals surface area (Å²) in [5, 5.41) is 0. The minimum atomic E-state index is -0.310. The van der Waals surface area contributed by atoms with Crippen LogP contribution < -0.4 is 19.6 Å². The van der Waals surface area contributed by atoms with Crippen LogP contribution in [0.1, 0.15) is 153 Å². The number of benzene rings is 10. The predicted octanol–water partition coefficient (Wildman–Crippen LogP) is 22.6. The second-order valence-electron chi connectivity index (χ2n) is 31.0. The molecule has 450 valence electrons. The maximum atomic E-state index is 2.68. The van der Waals surface area contributed by atoms with Gasteiger partial charge in [0.05, 0.1) is 17.1 Å². The van der Waals surface area contributed by atoms with Crippen molar-refractivity contribution in [1.29, 1.82) is 0 Å². The third-order valence-electron chi connectivity index (χ3n) is 22.9. The van der Waals surface area contributed by atoms with E-state index in [-0.39, 0.29) is 32.5 Å². The van der Waals surface area contributed by atoms with E-state index in [4.69, 9.17) is 0 Å². The number of rotatable bonds is 8. The highest BCUT2D eigenvalue weighted by Crippen LogP contribution is 2.62. The van der Waals surface area contributed by atoms with Crippen LogP contribution in [0.5, 0.6) is 0 Å². The lowest BCUT2D eigenvalue weighted by atomic mass is 9.65. The molecule has 0 spiro atoms. The van der Waals surface area contributed by atoms with Crippen LogP contribution in [0.25, 0.3) is 55.6 Å². The van der Waals surface area contributed by atoms with Crippen molar-refractivity contribution in [3.63, 3.8) is 0 Å². The van der Waals surface area contributed by atoms with Gasteiger partial charge in [-0.2, -0.15) is 0 Å². The van der Waals surface area contributed by atoms with Crippen LogP contribution in [-0.2, 0) is 32.5 Å². The van der Waals surface area contributed by atoms with Gasteiger partial charge in [-0.05, 0) is 245 Å². The molecule has 10 aromatic carbocycles. The Morgan fingerprint density at radius 3 is 0.833 bits per heavy atom. The van der Waals surface area contributed by atoms with E-state index >= 15 is 0 Å². The third kappa shape index (κ3) is 8.81. The Morgan fingerprint density at radius 1 is 0.256 bits per heavy atom. The van der Waals surface area contributed by atoms with Gasteiger partial charge >= 0.3 is 0 Å². The monoisotopic (exact) mass is 1170 g/mol. The summed E-state index contributed by atoms with van der Waals surface area (Å²) in [6, 6.07) is 79.7. The molecule has 0 saturated heterocycles. The number of nitrogens with zero attached hydrogens (tertiary/aromatic N) is 4. The molecular weight excluding hydrogens is 1090 g/mol. The molecule has 90 heavy (non-hydrogen) atoms. The Morgan fingerprint density at radius 2 is 0.522 bits per heavy atom. The minimum Gasteiger partial charge on any atom is -0.371 e. The second-order valence-corrected chi connectivity index (χ2v) is 31.0. The lowest BCUT2D eigenvalue weighted by Gasteiger charge is -2.50. The van der Waals surface area contributed by atoms with Crippen LogP contribution in [0, 0.1) is 0 Å². The fraction of sp³-hybridized carbons (Fsp3) is 0.302. The van der Waals surface area contributed by atoms with Gasteiger partial charge in [-0.3, -0.25) is 0 Å². The van der Waals surface area contributed by atoms with Gasteiger partial charge in [0.15, 0.2) is 0 Å². The van der Waals surface area contributed by atoms with Crippen molar-refractivity contribution in [2.45, 2.75) is 141 Å². The van der Waals surface area contributed by atoms with Crippen molar-refractivity contribution in [2.75, 3.05) is 45.8 Å². The zero-order valence-electron chi connectivity index (χ0n) is 55.1. The molecule has 16 rings (SSSR count). The van der Waals surface area contributed by atoms with E-state index in [1.54, 1.807) is 0 Å². The van der Waals surface area contributed by atoms with Gasteiger partial charge in [0, 0.05) is 65.4 Å². The summed E-state index contributed by atoms with van der Waals surface area (Å²) < 4.78 is 0. The quantitative estimate of drug-likeness (QED) is 0.150. The molecule has 0 aliphatic carbocycles. The van der Waals surface area contributed by atoms with E-state index in [2.05, 4.69) is 309 Å². The lowest BCUT2D eigenvalue weighted by Crippen LogP contribution is -2.44. The molecular formula is C86H86N4. The molecule has 0 radical (unpaired) electrons.